The van der Waals surface area contributed by atoms with Gasteiger partial charge in [0.2, 0.25) is 0 Å². The van der Waals surface area contributed by atoms with Gasteiger partial charge in [0.15, 0.2) is 0 Å². The summed E-state index contributed by atoms with van der Waals surface area (Å²) in [5, 5.41) is 2.58. The third kappa shape index (κ3) is 4.28. The average Bonchev–Trinajstić information content (AvgIpc) is 2.79. The zero-order chi connectivity index (χ0) is 22.7. The van der Waals surface area contributed by atoms with E-state index in [-0.39, 0.29) is 17.0 Å². The van der Waals surface area contributed by atoms with Crippen LogP contribution < -0.4 is 15.0 Å². The van der Waals surface area contributed by atoms with Gasteiger partial charge in [0.25, 0.3) is 11.8 Å². The lowest BCUT2D eigenvalue weighted by Gasteiger charge is -2.26. The van der Waals surface area contributed by atoms with E-state index in [0.29, 0.717) is 16.1 Å². The molecule has 8 heteroatoms. The molecule has 0 radical (unpaired) electrons. The summed E-state index contributed by atoms with van der Waals surface area (Å²) in [6.45, 7) is 0. The molecule has 7 nitrogen and oxygen atoms in total. The quantitative estimate of drug-likeness (QED) is 0.280. The van der Waals surface area contributed by atoms with Gasteiger partial charge in [0, 0.05) is 10.6 Å². The molecule has 0 spiro atoms. The van der Waals surface area contributed by atoms with Gasteiger partial charge in [-0.1, -0.05) is 48.0 Å². The monoisotopic (exact) mass is 446 g/mol. The molecule has 1 heterocycles. The van der Waals surface area contributed by atoms with Crippen LogP contribution in [0.3, 0.4) is 0 Å². The predicted molar refractivity (Wildman–Crippen MR) is 118 cm³/mol. The van der Waals surface area contributed by atoms with E-state index < -0.39 is 23.8 Å². The molecule has 1 aliphatic rings. The van der Waals surface area contributed by atoms with E-state index in [1.54, 1.807) is 54.6 Å². The summed E-state index contributed by atoms with van der Waals surface area (Å²) in [4.78, 5) is 51.0. The van der Waals surface area contributed by atoms with Crippen molar-refractivity contribution < 1.29 is 23.9 Å². The zero-order valence-electron chi connectivity index (χ0n) is 16.4. The van der Waals surface area contributed by atoms with Crippen molar-refractivity contribution in [2.45, 2.75) is 0 Å². The topological polar surface area (TPSA) is 92.8 Å². The number of halogens is 1. The van der Waals surface area contributed by atoms with Gasteiger partial charge in [0.1, 0.15) is 11.3 Å². The van der Waals surface area contributed by atoms with Crippen LogP contribution in [-0.2, 0) is 9.59 Å². The van der Waals surface area contributed by atoms with Gasteiger partial charge in [-0.05, 0) is 48.5 Å². The van der Waals surface area contributed by atoms with Crippen LogP contribution in [-0.4, -0.2) is 23.8 Å². The van der Waals surface area contributed by atoms with E-state index in [2.05, 4.69) is 5.32 Å². The third-order valence-corrected chi connectivity index (χ3v) is 4.87. The number of barbiturate groups is 1. The van der Waals surface area contributed by atoms with Gasteiger partial charge in [0.05, 0.1) is 11.3 Å². The number of imide groups is 2. The van der Waals surface area contributed by atoms with Gasteiger partial charge >= 0.3 is 12.0 Å². The molecule has 1 fully saturated rings. The lowest BCUT2D eigenvalue weighted by Crippen LogP contribution is -2.54. The van der Waals surface area contributed by atoms with Crippen molar-refractivity contribution in [2.24, 2.45) is 0 Å². The first-order valence-electron chi connectivity index (χ1n) is 9.47. The third-order valence-electron chi connectivity index (χ3n) is 4.62. The van der Waals surface area contributed by atoms with Crippen molar-refractivity contribution in [3.8, 4) is 5.75 Å². The Morgan fingerprint density at radius 1 is 0.875 bits per heavy atom. The van der Waals surface area contributed by atoms with Crippen LogP contribution in [0.2, 0.25) is 5.02 Å². The summed E-state index contributed by atoms with van der Waals surface area (Å²) in [7, 11) is 0. The highest BCUT2D eigenvalue weighted by atomic mass is 35.5. The molecule has 158 valence electrons. The zero-order valence-corrected chi connectivity index (χ0v) is 17.2. The van der Waals surface area contributed by atoms with Crippen molar-refractivity contribution in [1.82, 2.24) is 5.32 Å². The molecule has 32 heavy (non-hydrogen) atoms. The number of rotatable bonds is 4. The second-order valence-electron chi connectivity index (χ2n) is 6.73. The maximum atomic E-state index is 13.0. The van der Waals surface area contributed by atoms with Gasteiger partial charge in [-0.15, -0.1) is 0 Å². The standard InChI is InChI=1S/C24H15ClN2O5/c25-17-10-12-18(13-11-17)27-22(29)19(21(28)26-24(27)31)14-16-8-4-5-9-20(16)32-23(30)15-6-2-1-3-7-15/h1-14H,(H,26,28,31)/b19-14-. The van der Waals surface area contributed by atoms with Crippen LogP contribution in [0.4, 0.5) is 10.5 Å². The molecule has 3 aromatic carbocycles. The lowest BCUT2D eigenvalue weighted by atomic mass is 10.1. The molecule has 0 aromatic heterocycles. The number of para-hydroxylation sites is 1. The maximum Gasteiger partial charge on any atom is 0.343 e. The number of hydrogen-bond donors (Lipinski definition) is 1. The van der Waals surface area contributed by atoms with Crippen LogP contribution in [0.25, 0.3) is 6.08 Å². The molecular weight excluding hydrogens is 432 g/mol. The number of urea groups is 1. The Kier molecular flexibility index (Phi) is 5.83. The Bertz CT molecular complexity index is 1250. The fourth-order valence-corrected chi connectivity index (χ4v) is 3.19. The van der Waals surface area contributed by atoms with Crippen molar-refractivity contribution in [3.05, 3.63) is 101 Å². The SMILES string of the molecule is O=C1NC(=O)N(c2ccc(Cl)cc2)C(=O)/C1=C\c1ccccc1OC(=O)c1ccccc1. The number of anilines is 1. The fraction of sp³-hybridized carbons (Fsp3) is 0. The number of amides is 4. The molecule has 0 unspecified atom stereocenters. The molecule has 1 aliphatic heterocycles. The van der Waals surface area contributed by atoms with Gasteiger partial charge < -0.3 is 4.74 Å². The number of esters is 1. The molecule has 1 N–H and O–H groups in total. The van der Waals surface area contributed by atoms with Crippen LogP contribution in [0, 0.1) is 0 Å². The molecule has 0 bridgehead atoms. The van der Waals surface area contributed by atoms with Crippen LogP contribution in [0.1, 0.15) is 15.9 Å². The normalized spacial score (nSPS) is 15.0. The van der Waals surface area contributed by atoms with Gasteiger partial charge in [-0.3, -0.25) is 14.9 Å². The van der Waals surface area contributed by atoms with Gasteiger partial charge in [-0.2, -0.15) is 0 Å². The Labute approximate surface area is 187 Å². The van der Waals surface area contributed by atoms with Crippen molar-refractivity contribution in [2.75, 3.05) is 4.90 Å². The second kappa shape index (κ2) is 8.87. The number of ether oxygens (including phenoxy) is 1. The first-order chi connectivity index (χ1) is 15.4. The first kappa shape index (κ1) is 21.0. The summed E-state index contributed by atoms with van der Waals surface area (Å²) < 4.78 is 5.47. The Balaban J connectivity index is 1.67. The summed E-state index contributed by atoms with van der Waals surface area (Å²) in [6, 6.07) is 20.0. The van der Waals surface area contributed by atoms with Crippen LogP contribution >= 0.6 is 11.6 Å². The Morgan fingerprint density at radius 3 is 2.25 bits per heavy atom. The maximum absolute atomic E-state index is 13.0. The molecular formula is C24H15ClN2O5. The highest BCUT2D eigenvalue weighted by Crippen LogP contribution is 2.26. The summed E-state index contributed by atoms with van der Waals surface area (Å²) >= 11 is 5.87. The number of nitrogens with one attached hydrogen (secondary N) is 1. The van der Waals surface area contributed by atoms with E-state index in [0.717, 1.165) is 4.90 Å². The summed E-state index contributed by atoms with van der Waals surface area (Å²) in [5.74, 6) is -2.10. The van der Waals surface area contributed by atoms with Crippen LogP contribution in [0.5, 0.6) is 5.75 Å². The Morgan fingerprint density at radius 2 is 1.53 bits per heavy atom. The van der Waals surface area contributed by atoms with E-state index in [4.69, 9.17) is 16.3 Å². The van der Waals surface area contributed by atoms with E-state index in [1.807, 2.05) is 0 Å². The lowest BCUT2D eigenvalue weighted by molar-refractivity contribution is -0.122. The highest BCUT2D eigenvalue weighted by Gasteiger charge is 2.37. The number of carbonyl (C=O) groups excluding carboxylic acids is 4. The van der Waals surface area contributed by atoms with Gasteiger partial charge in [-0.25, -0.2) is 14.5 Å². The average molecular weight is 447 g/mol. The van der Waals surface area contributed by atoms with E-state index in [9.17, 15) is 19.2 Å². The largest absolute Gasteiger partial charge is 0.422 e. The first-order valence-corrected chi connectivity index (χ1v) is 9.85. The van der Waals surface area contributed by atoms with Crippen molar-refractivity contribution in [3.63, 3.8) is 0 Å². The fourth-order valence-electron chi connectivity index (χ4n) is 3.06. The van der Waals surface area contributed by atoms with Crippen molar-refractivity contribution in [1.29, 1.82) is 0 Å². The summed E-state index contributed by atoms with van der Waals surface area (Å²) in [5.41, 5.74) is 0.628. The molecule has 3 aromatic rings. The molecule has 4 rings (SSSR count). The number of benzene rings is 3. The predicted octanol–water partition coefficient (Wildman–Crippen LogP) is 4.23. The molecule has 0 atom stereocenters. The van der Waals surface area contributed by atoms with Crippen molar-refractivity contribution >= 4 is 47.2 Å². The molecule has 1 saturated heterocycles. The van der Waals surface area contributed by atoms with E-state index in [1.165, 1.54) is 30.3 Å². The van der Waals surface area contributed by atoms with E-state index >= 15 is 0 Å². The molecule has 0 aliphatic carbocycles. The smallest absolute Gasteiger partial charge is 0.343 e. The minimum atomic E-state index is -0.872. The molecule has 0 saturated carbocycles. The number of carbonyl (C=O) groups is 4. The number of hydrogen-bond acceptors (Lipinski definition) is 5. The van der Waals surface area contributed by atoms with Crippen LogP contribution in [0.15, 0.2) is 84.4 Å². The minimum absolute atomic E-state index is 0.157. The highest BCUT2D eigenvalue weighted by molar-refractivity contribution is 6.39. The Hall–Kier alpha value is -4.23. The summed E-state index contributed by atoms with van der Waals surface area (Å²) in [6.07, 6.45) is 1.28. The minimum Gasteiger partial charge on any atom is -0.422 e. The number of nitrogens with zero attached hydrogens (tertiary/aromatic N) is 1. The second-order valence-corrected chi connectivity index (χ2v) is 7.16. The molecule has 4 amide bonds.